The van der Waals surface area contributed by atoms with Gasteiger partial charge in [-0.25, -0.2) is 9.67 Å². The van der Waals surface area contributed by atoms with Crippen molar-refractivity contribution in [3.05, 3.63) is 72.2 Å². The summed E-state index contributed by atoms with van der Waals surface area (Å²) in [6.07, 6.45) is 7.59. The maximum atomic E-state index is 12.4. The van der Waals surface area contributed by atoms with Gasteiger partial charge in [-0.1, -0.05) is 13.3 Å². The predicted molar refractivity (Wildman–Crippen MR) is 107 cm³/mol. The Bertz CT molecular complexity index is 859. The molecule has 0 spiro atoms. The summed E-state index contributed by atoms with van der Waals surface area (Å²) in [5, 5.41) is 7.13. The van der Waals surface area contributed by atoms with E-state index in [1.807, 2.05) is 48.7 Å². The van der Waals surface area contributed by atoms with Crippen LogP contribution < -0.4 is 10.2 Å². The highest BCUT2D eigenvalue weighted by atomic mass is 16.1. The summed E-state index contributed by atoms with van der Waals surface area (Å²) in [5.41, 5.74) is 2.75. The highest BCUT2D eigenvalue weighted by Crippen LogP contribution is 2.15. The van der Waals surface area contributed by atoms with Gasteiger partial charge < -0.3 is 10.2 Å². The Hall–Kier alpha value is -3.15. The fourth-order valence-electron chi connectivity index (χ4n) is 2.78. The van der Waals surface area contributed by atoms with Crippen LogP contribution in [0, 0.1) is 0 Å². The number of nitrogens with zero attached hydrogens (tertiary/aromatic N) is 4. The molecule has 1 amide bonds. The fraction of sp³-hybridized carbons (Fsp3) is 0.286. The molecule has 0 aliphatic heterocycles. The molecule has 27 heavy (non-hydrogen) atoms. The summed E-state index contributed by atoms with van der Waals surface area (Å²) in [6, 6.07) is 13.4. The van der Waals surface area contributed by atoms with Gasteiger partial charge in [-0.3, -0.25) is 4.79 Å². The second-order valence-electron chi connectivity index (χ2n) is 6.48. The Morgan fingerprint density at radius 1 is 1.19 bits per heavy atom. The van der Waals surface area contributed by atoms with Crippen molar-refractivity contribution in [2.45, 2.75) is 26.3 Å². The van der Waals surface area contributed by atoms with Crippen molar-refractivity contribution >= 4 is 11.6 Å². The summed E-state index contributed by atoms with van der Waals surface area (Å²) < 4.78 is 1.69. The van der Waals surface area contributed by atoms with Crippen LogP contribution in [-0.2, 0) is 6.54 Å². The third-order valence-corrected chi connectivity index (χ3v) is 4.42. The molecule has 0 saturated heterocycles. The lowest BCUT2D eigenvalue weighted by Gasteiger charge is -2.19. The summed E-state index contributed by atoms with van der Waals surface area (Å²) in [6.45, 7) is 3.64. The third-order valence-electron chi connectivity index (χ3n) is 4.42. The third kappa shape index (κ3) is 4.94. The number of pyridine rings is 1. The molecule has 0 unspecified atom stereocenters. The maximum absolute atomic E-state index is 12.4. The monoisotopic (exact) mass is 363 g/mol. The molecule has 0 atom stereocenters. The summed E-state index contributed by atoms with van der Waals surface area (Å²) >= 11 is 0. The van der Waals surface area contributed by atoms with E-state index in [9.17, 15) is 4.79 Å². The van der Waals surface area contributed by atoms with Gasteiger partial charge in [-0.15, -0.1) is 0 Å². The van der Waals surface area contributed by atoms with Crippen molar-refractivity contribution in [1.29, 1.82) is 0 Å². The average molecular weight is 363 g/mol. The van der Waals surface area contributed by atoms with Gasteiger partial charge in [-0.05, 0) is 54.4 Å². The second kappa shape index (κ2) is 8.98. The number of anilines is 1. The number of unbranched alkanes of at least 4 members (excludes halogenated alkanes) is 1. The summed E-state index contributed by atoms with van der Waals surface area (Å²) in [5.74, 6) is 0.640. The zero-order valence-electron chi connectivity index (χ0n) is 15.8. The minimum absolute atomic E-state index is 0.0878. The molecule has 3 aromatic rings. The van der Waals surface area contributed by atoms with E-state index in [4.69, 9.17) is 0 Å². The topological polar surface area (TPSA) is 63.1 Å². The lowest BCUT2D eigenvalue weighted by atomic mass is 10.1. The summed E-state index contributed by atoms with van der Waals surface area (Å²) in [7, 11) is 2.07. The molecule has 0 aliphatic rings. The van der Waals surface area contributed by atoms with Gasteiger partial charge in [0.1, 0.15) is 0 Å². The Morgan fingerprint density at radius 3 is 2.70 bits per heavy atom. The van der Waals surface area contributed by atoms with Crippen molar-refractivity contribution in [1.82, 2.24) is 20.1 Å². The zero-order valence-corrected chi connectivity index (χ0v) is 15.8. The van der Waals surface area contributed by atoms with Crippen LogP contribution in [-0.4, -0.2) is 34.3 Å². The number of amides is 1. The smallest absolute Gasteiger partial charge is 0.251 e. The molecule has 1 N–H and O–H groups in total. The molecule has 2 aromatic heterocycles. The number of hydrogen-bond donors (Lipinski definition) is 1. The second-order valence-corrected chi connectivity index (χ2v) is 6.48. The Labute approximate surface area is 159 Å². The van der Waals surface area contributed by atoms with Crippen LogP contribution in [0.3, 0.4) is 0 Å². The first kappa shape index (κ1) is 18.6. The molecule has 140 valence electrons. The van der Waals surface area contributed by atoms with Gasteiger partial charge >= 0.3 is 0 Å². The molecule has 0 saturated carbocycles. The van der Waals surface area contributed by atoms with E-state index in [0.717, 1.165) is 30.0 Å². The SMILES string of the molecule is CCCCN(C)c1ccc(C(=O)NCc2ccnc(-n3cccn3)c2)cc1. The molecule has 1 aromatic carbocycles. The van der Waals surface area contributed by atoms with Crippen LogP contribution in [0.15, 0.2) is 61.1 Å². The lowest BCUT2D eigenvalue weighted by Crippen LogP contribution is -2.23. The minimum atomic E-state index is -0.0878. The normalized spacial score (nSPS) is 10.6. The Morgan fingerprint density at radius 2 is 2.00 bits per heavy atom. The summed E-state index contributed by atoms with van der Waals surface area (Å²) in [4.78, 5) is 18.9. The van der Waals surface area contributed by atoms with Crippen LogP contribution in [0.25, 0.3) is 5.82 Å². The van der Waals surface area contributed by atoms with Gasteiger partial charge in [-0.2, -0.15) is 5.10 Å². The average Bonchev–Trinajstić information content (AvgIpc) is 3.25. The van der Waals surface area contributed by atoms with E-state index in [-0.39, 0.29) is 5.91 Å². The van der Waals surface area contributed by atoms with E-state index in [1.165, 1.54) is 6.42 Å². The molecule has 6 nitrogen and oxygen atoms in total. The number of hydrogen-bond acceptors (Lipinski definition) is 4. The van der Waals surface area contributed by atoms with Gasteiger partial charge in [0.2, 0.25) is 0 Å². The van der Waals surface area contributed by atoms with E-state index in [2.05, 4.69) is 34.3 Å². The van der Waals surface area contributed by atoms with Crippen molar-refractivity contribution in [2.75, 3.05) is 18.5 Å². The van der Waals surface area contributed by atoms with Gasteiger partial charge in [0.15, 0.2) is 5.82 Å². The van der Waals surface area contributed by atoms with E-state index < -0.39 is 0 Å². The number of carbonyl (C=O) groups is 1. The fourth-order valence-corrected chi connectivity index (χ4v) is 2.78. The Balaban J connectivity index is 1.59. The molecule has 0 radical (unpaired) electrons. The molecule has 0 aliphatic carbocycles. The van der Waals surface area contributed by atoms with E-state index in [0.29, 0.717) is 12.1 Å². The standard InChI is InChI=1S/C21H25N5O/c1-3-4-13-25(2)19-8-6-18(7-9-19)21(27)23-16-17-10-12-22-20(15-17)26-14-5-11-24-26/h5-12,14-15H,3-4,13,16H2,1-2H3,(H,23,27). The van der Waals surface area contributed by atoms with Crippen LogP contribution in [0.5, 0.6) is 0 Å². The van der Waals surface area contributed by atoms with E-state index >= 15 is 0 Å². The number of aromatic nitrogens is 3. The number of rotatable bonds is 8. The van der Waals surface area contributed by atoms with Crippen molar-refractivity contribution < 1.29 is 4.79 Å². The zero-order chi connectivity index (χ0) is 19.1. The van der Waals surface area contributed by atoms with Crippen molar-refractivity contribution in [3.8, 4) is 5.82 Å². The first-order valence-corrected chi connectivity index (χ1v) is 9.21. The molecule has 2 heterocycles. The minimum Gasteiger partial charge on any atom is -0.375 e. The number of benzene rings is 1. The molecular weight excluding hydrogens is 338 g/mol. The first-order valence-electron chi connectivity index (χ1n) is 9.21. The lowest BCUT2D eigenvalue weighted by molar-refractivity contribution is 0.0951. The molecule has 3 rings (SSSR count). The number of carbonyl (C=O) groups excluding carboxylic acids is 1. The van der Waals surface area contributed by atoms with Gasteiger partial charge in [0.25, 0.3) is 5.91 Å². The maximum Gasteiger partial charge on any atom is 0.251 e. The van der Waals surface area contributed by atoms with Crippen LogP contribution in [0.4, 0.5) is 5.69 Å². The highest BCUT2D eigenvalue weighted by Gasteiger charge is 2.07. The largest absolute Gasteiger partial charge is 0.375 e. The Kier molecular flexibility index (Phi) is 6.20. The highest BCUT2D eigenvalue weighted by molar-refractivity contribution is 5.94. The van der Waals surface area contributed by atoms with Crippen LogP contribution >= 0.6 is 0 Å². The molecule has 0 bridgehead atoms. The molecule has 0 fully saturated rings. The van der Waals surface area contributed by atoms with Gasteiger partial charge in [0, 0.05) is 50.0 Å². The molecular formula is C21H25N5O. The van der Waals surface area contributed by atoms with E-state index in [1.54, 1.807) is 17.1 Å². The predicted octanol–water partition coefficient (Wildman–Crippen LogP) is 3.43. The van der Waals surface area contributed by atoms with Crippen LogP contribution in [0.2, 0.25) is 0 Å². The quantitative estimate of drug-likeness (QED) is 0.666. The van der Waals surface area contributed by atoms with Crippen molar-refractivity contribution in [2.24, 2.45) is 0 Å². The molecule has 6 heteroatoms. The van der Waals surface area contributed by atoms with Crippen molar-refractivity contribution in [3.63, 3.8) is 0 Å². The number of nitrogens with one attached hydrogen (secondary N) is 1. The van der Waals surface area contributed by atoms with Crippen LogP contribution in [0.1, 0.15) is 35.7 Å². The first-order chi connectivity index (χ1) is 13.2. The van der Waals surface area contributed by atoms with Gasteiger partial charge in [0.05, 0.1) is 0 Å².